The summed E-state index contributed by atoms with van der Waals surface area (Å²) < 4.78 is 27.2. The Morgan fingerprint density at radius 3 is 2.80 bits per heavy atom. The van der Waals surface area contributed by atoms with Gasteiger partial charge in [-0.15, -0.1) is 0 Å². The van der Waals surface area contributed by atoms with E-state index < -0.39 is 10.0 Å². The van der Waals surface area contributed by atoms with E-state index in [2.05, 4.69) is 14.7 Å². The van der Waals surface area contributed by atoms with Crippen molar-refractivity contribution in [2.45, 2.75) is 11.8 Å². The number of rotatable bonds is 3. The first-order valence-electron chi connectivity index (χ1n) is 6.07. The molecule has 0 unspecified atom stereocenters. The molecular formula is C14H13N3O2S. The van der Waals surface area contributed by atoms with E-state index in [1.165, 1.54) is 6.33 Å². The third kappa shape index (κ3) is 2.37. The molecule has 20 heavy (non-hydrogen) atoms. The average Bonchev–Trinajstić information content (AvgIpc) is 2.85. The van der Waals surface area contributed by atoms with Crippen LogP contribution in [0.5, 0.6) is 0 Å². The van der Waals surface area contributed by atoms with Gasteiger partial charge in [0.15, 0.2) is 0 Å². The number of nitrogens with zero attached hydrogens (tertiary/aromatic N) is 1. The van der Waals surface area contributed by atoms with Crippen molar-refractivity contribution in [3.05, 3.63) is 54.4 Å². The molecule has 1 heterocycles. The van der Waals surface area contributed by atoms with Crippen molar-refractivity contribution in [1.82, 2.24) is 9.97 Å². The van der Waals surface area contributed by atoms with Crippen LogP contribution in [0.1, 0.15) is 5.56 Å². The summed E-state index contributed by atoms with van der Waals surface area (Å²) in [5.74, 6) is 0. The largest absolute Gasteiger partial charge is 0.345 e. The normalized spacial score (nSPS) is 11.7. The summed E-state index contributed by atoms with van der Waals surface area (Å²) in [6.07, 6.45) is 1.54. The Kier molecular flexibility index (Phi) is 2.94. The fraction of sp³-hybridized carbons (Fsp3) is 0.0714. The van der Waals surface area contributed by atoms with Gasteiger partial charge in [-0.3, -0.25) is 4.72 Å². The molecule has 102 valence electrons. The average molecular weight is 287 g/mol. The molecule has 2 N–H and O–H groups in total. The minimum absolute atomic E-state index is 0.204. The number of aromatic amines is 1. The van der Waals surface area contributed by atoms with E-state index in [4.69, 9.17) is 0 Å². The zero-order chi connectivity index (χ0) is 14.2. The number of nitrogens with one attached hydrogen (secondary N) is 2. The van der Waals surface area contributed by atoms with Crippen LogP contribution in [0.2, 0.25) is 0 Å². The molecule has 0 aliphatic heterocycles. The van der Waals surface area contributed by atoms with Crippen LogP contribution in [0.15, 0.2) is 53.7 Å². The predicted octanol–water partition coefficient (Wildman–Crippen LogP) is 2.67. The van der Waals surface area contributed by atoms with Crippen LogP contribution < -0.4 is 4.72 Å². The Hall–Kier alpha value is -2.34. The van der Waals surface area contributed by atoms with Gasteiger partial charge >= 0.3 is 0 Å². The monoisotopic (exact) mass is 287 g/mol. The summed E-state index contributed by atoms with van der Waals surface area (Å²) >= 11 is 0. The molecule has 0 saturated heterocycles. The molecule has 0 radical (unpaired) electrons. The molecule has 5 nitrogen and oxygen atoms in total. The highest BCUT2D eigenvalue weighted by Gasteiger charge is 2.15. The molecule has 0 atom stereocenters. The zero-order valence-electron chi connectivity index (χ0n) is 10.8. The number of hydrogen-bond acceptors (Lipinski definition) is 3. The first kappa shape index (κ1) is 12.7. The van der Waals surface area contributed by atoms with Crippen molar-refractivity contribution in [1.29, 1.82) is 0 Å². The minimum atomic E-state index is -3.60. The van der Waals surface area contributed by atoms with Gasteiger partial charge in [0.1, 0.15) is 0 Å². The molecular weight excluding hydrogens is 274 g/mol. The molecule has 1 aromatic heterocycles. The molecule has 2 aromatic carbocycles. The van der Waals surface area contributed by atoms with Crippen molar-refractivity contribution in [3.63, 3.8) is 0 Å². The van der Waals surface area contributed by atoms with E-state index in [0.29, 0.717) is 11.2 Å². The van der Waals surface area contributed by atoms with Crippen LogP contribution in [0.3, 0.4) is 0 Å². The number of aromatic nitrogens is 2. The molecule has 6 heteroatoms. The molecule has 0 aliphatic carbocycles. The van der Waals surface area contributed by atoms with E-state index in [0.717, 1.165) is 11.1 Å². The van der Waals surface area contributed by atoms with E-state index in [1.54, 1.807) is 30.3 Å². The number of benzene rings is 2. The number of anilines is 1. The van der Waals surface area contributed by atoms with Gasteiger partial charge in [0.2, 0.25) is 0 Å². The molecule has 0 spiro atoms. The molecule has 0 bridgehead atoms. The molecule has 0 aliphatic rings. The van der Waals surface area contributed by atoms with E-state index in [9.17, 15) is 8.42 Å². The Morgan fingerprint density at radius 1 is 1.15 bits per heavy atom. The first-order chi connectivity index (χ1) is 9.54. The Morgan fingerprint density at radius 2 is 2.00 bits per heavy atom. The number of hydrogen-bond donors (Lipinski definition) is 2. The molecule has 3 aromatic rings. The maximum atomic E-state index is 12.3. The number of sulfonamides is 1. The van der Waals surface area contributed by atoms with Crippen molar-refractivity contribution in [2.24, 2.45) is 0 Å². The summed E-state index contributed by atoms with van der Waals surface area (Å²) in [4.78, 5) is 7.17. The smallest absolute Gasteiger partial charge is 0.261 e. The lowest BCUT2D eigenvalue weighted by Gasteiger charge is -2.08. The van der Waals surface area contributed by atoms with Gasteiger partial charge in [0, 0.05) is 5.69 Å². The van der Waals surface area contributed by atoms with Gasteiger partial charge in [0.25, 0.3) is 10.0 Å². The molecule has 0 amide bonds. The summed E-state index contributed by atoms with van der Waals surface area (Å²) in [6, 6.07) is 12.0. The van der Waals surface area contributed by atoms with Gasteiger partial charge < -0.3 is 4.98 Å². The first-order valence-corrected chi connectivity index (χ1v) is 7.55. The topological polar surface area (TPSA) is 74.8 Å². The van der Waals surface area contributed by atoms with Crippen LogP contribution in [0.25, 0.3) is 11.0 Å². The summed E-state index contributed by atoms with van der Waals surface area (Å²) in [5.41, 5.74) is 2.97. The lowest BCUT2D eigenvalue weighted by molar-refractivity contribution is 0.601. The zero-order valence-corrected chi connectivity index (χ0v) is 11.6. The SMILES string of the molecule is Cc1cccc(NS(=O)(=O)c2ccc3nc[nH]c3c2)c1. The van der Waals surface area contributed by atoms with E-state index in [1.807, 2.05) is 19.1 Å². The summed E-state index contributed by atoms with van der Waals surface area (Å²) in [5, 5.41) is 0. The molecule has 0 saturated carbocycles. The van der Waals surface area contributed by atoms with Gasteiger partial charge in [0.05, 0.1) is 22.3 Å². The number of H-pyrrole nitrogens is 1. The van der Waals surface area contributed by atoms with E-state index in [-0.39, 0.29) is 4.90 Å². The lowest BCUT2D eigenvalue weighted by Crippen LogP contribution is -2.12. The number of aryl methyl sites for hydroxylation is 1. The summed E-state index contributed by atoms with van der Waals surface area (Å²) in [7, 11) is -3.60. The Bertz CT molecular complexity index is 869. The van der Waals surface area contributed by atoms with Gasteiger partial charge in [-0.25, -0.2) is 13.4 Å². The van der Waals surface area contributed by atoms with Crippen LogP contribution in [0.4, 0.5) is 5.69 Å². The van der Waals surface area contributed by atoms with Gasteiger partial charge in [-0.2, -0.15) is 0 Å². The highest BCUT2D eigenvalue weighted by molar-refractivity contribution is 7.92. The fourth-order valence-corrected chi connectivity index (χ4v) is 3.08. The van der Waals surface area contributed by atoms with E-state index >= 15 is 0 Å². The minimum Gasteiger partial charge on any atom is -0.345 e. The second-order valence-electron chi connectivity index (χ2n) is 4.56. The maximum absolute atomic E-state index is 12.3. The van der Waals surface area contributed by atoms with Gasteiger partial charge in [-0.1, -0.05) is 12.1 Å². The number of fused-ring (bicyclic) bond motifs is 1. The standard InChI is InChI=1S/C14H13N3O2S/c1-10-3-2-4-11(7-10)17-20(18,19)12-5-6-13-14(8-12)16-9-15-13/h2-9,17H,1H3,(H,15,16). The summed E-state index contributed by atoms with van der Waals surface area (Å²) in [6.45, 7) is 1.91. The van der Waals surface area contributed by atoms with Crippen molar-refractivity contribution in [2.75, 3.05) is 4.72 Å². The third-order valence-electron chi connectivity index (χ3n) is 2.97. The van der Waals surface area contributed by atoms with Gasteiger partial charge in [-0.05, 0) is 42.8 Å². The molecule has 0 fully saturated rings. The van der Waals surface area contributed by atoms with Crippen LogP contribution >= 0.6 is 0 Å². The number of imidazole rings is 1. The van der Waals surface area contributed by atoms with Crippen LogP contribution in [-0.2, 0) is 10.0 Å². The Balaban J connectivity index is 1.98. The maximum Gasteiger partial charge on any atom is 0.261 e. The third-order valence-corrected chi connectivity index (χ3v) is 4.35. The van der Waals surface area contributed by atoms with Crippen molar-refractivity contribution in [3.8, 4) is 0 Å². The van der Waals surface area contributed by atoms with Crippen molar-refractivity contribution >= 4 is 26.7 Å². The highest BCUT2D eigenvalue weighted by Crippen LogP contribution is 2.20. The quantitative estimate of drug-likeness (QED) is 0.777. The lowest BCUT2D eigenvalue weighted by atomic mass is 10.2. The molecule has 3 rings (SSSR count). The highest BCUT2D eigenvalue weighted by atomic mass is 32.2. The van der Waals surface area contributed by atoms with Crippen LogP contribution in [-0.4, -0.2) is 18.4 Å². The van der Waals surface area contributed by atoms with Crippen molar-refractivity contribution < 1.29 is 8.42 Å². The second-order valence-corrected chi connectivity index (χ2v) is 6.24. The fourth-order valence-electron chi connectivity index (χ4n) is 2.00. The van der Waals surface area contributed by atoms with Crippen LogP contribution in [0, 0.1) is 6.92 Å². The predicted molar refractivity (Wildman–Crippen MR) is 78.1 cm³/mol. The second kappa shape index (κ2) is 4.64. The Labute approximate surface area is 116 Å².